The van der Waals surface area contributed by atoms with Crippen molar-refractivity contribution in [3.05, 3.63) is 0 Å². The smallest absolute Gasteiger partial charge is 0.335 e. The van der Waals surface area contributed by atoms with Crippen LogP contribution in [0.15, 0.2) is 0 Å². The molecule has 4 aliphatic carbocycles. The largest absolute Gasteiger partial charge is 0.479 e. The summed E-state index contributed by atoms with van der Waals surface area (Å²) in [5, 5.41) is 50.2. The number of aliphatic hydroxyl groups excluding tert-OH is 4. The van der Waals surface area contributed by atoms with Crippen LogP contribution in [-0.4, -0.2) is 74.4 Å². The quantitative estimate of drug-likeness (QED) is 0.400. The molecule has 1 aliphatic heterocycles. The number of aliphatic carboxylic acids is 1. The first-order valence-corrected chi connectivity index (χ1v) is 13.7. The van der Waals surface area contributed by atoms with E-state index in [2.05, 4.69) is 13.8 Å². The van der Waals surface area contributed by atoms with Crippen molar-refractivity contribution in [2.75, 3.05) is 0 Å². The average molecular weight is 497 g/mol. The van der Waals surface area contributed by atoms with Gasteiger partial charge in [0.2, 0.25) is 0 Å². The van der Waals surface area contributed by atoms with E-state index in [4.69, 9.17) is 9.47 Å². The highest BCUT2D eigenvalue weighted by molar-refractivity contribution is 5.73. The predicted octanol–water partition coefficient (Wildman–Crippen LogP) is 2.30. The topological polar surface area (TPSA) is 137 Å². The van der Waals surface area contributed by atoms with E-state index in [0.29, 0.717) is 29.1 Å². The van der Waals surface area contributed by atoms with Crippen molar-refractivity contribution in [2.24, 2.45) is 40.4 Å². The van der Waals surface area contributed by atoms with Gasteiger partial charge in [-0.25, -0.2) is 4.79 Å². The predicted molar refractivity (Wildman–Crippen MR) is 126 cm³/mol. The lowest BCUT2D eigenvalue weighted by atomic mass is 9.44. The Morgan fingerprint density at radius 1 is 0.886 bits per heavy atom. The summed E-state index contributed by atoms with van der Waals surface area (Å²) in [5.41, 5.74) is 0.425. The lowest BCUT2D eigenvalue weighted by Crippen LogP contribution is -2.61. The Morgan fingerprint density at radius 3 is 2.29 bits per heavy atom. The minimum absolute atomic E-state index is 0.0991. The normalized spacial score (nSPS) is 54.9. The van der Waals surface area contributed by atoms with E-state index in [9.17, 15) is 30.3 Å². The van der Waals surface area contributed by atoms with Crippen LogP contribution in [0.3, 0.4) is 0 Å². The second kappa shape index (κ2) is 9.21. The molecule has 5 fully saturated rings. The van der Waals surface area contributed by atoms with Gasteiger partial charge in [-0.15, -0.1) is 0 Å². The Kier molecular flexibility index (Phi) is 6.80. The van der Waals surface area contributed by atoms with E-state index in [1.165, 1.54) is 19.3 Å². The van der Waals surface area contributed by atoms with Crippen molar-refractivity contribution in [1.29, 1.82) is 0 Å². The molecule has 0 bridgehead atoms. The molecule has 4 saturated carbocycles. The third-order valence-electron chi connectivity index (χ3n) is 11.4. The number of aliphatic hydroxyl groups is 4. The molecule has 14 atom stereocenters. The van der Waals surface area contributed by atoms with Crippen molar-refractivity contribution in [2.45, 2.75) is 121 Å². The highest BCUT2D eigenvalue weighted by Crippen LogP contribution is 2.68. The van der Waals surface area contributed by atoms with Gasteiger partial charge in [-0.05, 0) is 105 Å². The molecule has 5 N–H and O–H groups in total. The second-order valence-corrected chi connectivity index (χ2v) is 12.9. The number of hydrogen-bond donors (Lipinski definition) is 5. The van der Waals surface area contributed by atoms with E-state index >= 15 is 0 Å². The van der Waals surface area contributed by atoms with Gasteiger partial charge in [0.15, 0.2) is 12.4 Å². The van der Waals surface area contributed by atoms with Gasteiger partial charge in [0, 0.05) is 0 Å². The first-order chi connectivity index (χ1) is 16.5. The molecule has 0 radical (unpaired) electrons. The number of carboxylic acids is 1. The number of fused-ring (bicyclic) bond motifs is 5. The zero-order valence-electron chi connectivity index (χ0n) is 21.3. The lowest BCUT2D eigenvalue weighted by Gasteiger charge is -2.61. The second-order valence-electron chi connectivity index (χ2n) is 12.9. The molecule has 200 valence electrons. The van der Waals surface area contributed by atoms with E-state index in [1.807, 2.05) is 6.92 Å². The summed E-state index contributed by atoms with van der Waals surface area (Å²) in [7, 11) is 0. The van der Waals surface area contributed by atoms with E-state index in [1.54, 1.807) is 0 Å². The molecule has 35 heavy (non-hydrogen) atoms. The average Bonchev–Trinajstić information content (AvgIpc) is 3.17. The van der Waals surface area contributed by atoms with Crippen LogP contribution in [0.4, 0.5) is 0 Å². The molecule has 1 saturated heterocycles. The number of rotatable bonds is 4. The Balaban J connectivity index is 1.29. The van der Waals surface area contributed by atoms with Crippen molar-refractivity contribution in [1.82, 2.24) is 0 Å². The van der Waals surface area contributed by atoms with Crippen LogP contribution in [-0.2, 0) is 14.3 Å². The molecule has 8 nitrogen and oxygen atoms in total. The molecule has 0 aromatic rings. The zero-order chi connectivity index (χ0) is 25.3. The summed E-state index contributed by atoms with van der Waals surface area (Å²) in [6, 6.07) is 0. The third kappa shape index (κ3) is 4.07. The number of hydrogen-bond acceptors (Lipinski definition) is 7. The molecule has 0 spiro atoms. The number of carboxylic acid groups (broad SMARTS) is 1. The Labute approximate surface area is 208 Å². The maximum atomic E-state index is 11.5. The highest BCUT2D eigenvalue weighted by Gasteiger charge is 2.61. The van der Waals surface area contributed by atoms with Gasteiger partial charge in [0.05, 0.1) is 12.2 Å². The van der Waals surface area contributed by atoms with E-state index in [-0.39, 0.29) is 23.5 Å². The SMILES string of the molecule is C[C@@H](OC1OC(C(=O)O)C(O)C(O)C1O)C1CCC2C3CCC4CC(O)CC[C@]4(C)C3CC[C@@]21C. The van der Waals surface area contributed by atoms with Crippen LogP contribution < -0.4 is 0 Å². The summed E-state index contributed by atoms with van der Waals surface area (Å²) in [4.78, 5) is 11.5. The van der Waals surface area contributed by atoms with Gasteiger partial charge in [-0.3, -0.25) is 0 Å². The third-order valence-corrected chi connectivity index (χ3v) is 11.4. The van der Waals surface area contributed by atoms with Crippen LogP contribution >= 0.6 is 0 Å². The zero-order valence-corrected chi connectivity index (χ0v) is 21.3. The minimum Gasteiger partial charge on any atom is -0.479 e. The molecular formula is C27H44O8. The molecule has 8 heteroatoms. The summed E-state index contributed by atoms with van der Waals surface area (Å²) in [6.45, 7) is 6.84. The van der Waals surface area contributed by atoms with E-state index < -0.39 is 36.7 Å². The van der Waals surface area contributed by atoms with Crippen molar-refractivity contribution in [3.8, 4) is 0 Å². The maximum absolute atomic E-state index is 11.5. The fraction of sp³-hybridized carbons (Fsp3) is 0.963. The van der Waals surface area contributed by atoms with Gasteiger partial charge in [-0.1, -0.05) is 13.8 Å². The molecule has 11 unspecified atom stereocenters. The van der Waals surface area contributed by atoms with Crippen LogP contribution in [0.2, 0.25) is 0 Å². The van der Waals surface area contributed by atoms with Crippen LogP contribution in [0, 0.1) is 40.4 Å². The lowest BCUT2D eigenvalue weighted by molar-refractivity contribution is -0.309. The molecule has 5 rings (SSSR count). The summed E-state index contributed by atoms with van der Waals surface area (Å²) in [5.74, 6) is 1.49. The standard InChI is InChI=1S/C27H44O8/c1-13(34-25-22(31)20(29)21(30)23(35-25)24(32)33)17-6-7-18-16-5-4-14-12-15(28)8-10-26(14,2)19(16)9-11-27(17,18)3/h13-23,25,28-31H,4-12H2,1-3H3,(H,32,33)/t13-,14?,15?,16?,17?,18?,19?,20?,21?,22?,23?,25?,26+,27-/m1/s1. The van der Waals surface area contributed by atoms with Gasteiger partial charge in [0.25, 0.3) is 0 Å². The van der Waals surface area contributed by atoms with Crippen molar-refractivity contribution in [3.63, 3.8) is 0 Å². The highest BCUT2D eigenvalue weighted by atomic mass is 16.7. The summed E-state index contributed by atoms with van der Waals surface area (Å²) >= 11 is 0. The molecule has 5 aliphatic rings. The number of ether oxygens (including phenoxy) is 2. The molecular weight excluding hydrogens is 452 g/mol. The fourth-order valence-electron chi connectivity index (χ4n) is 9.52. The van der Waals surface area contributed by atoms with Crippen LogP contribution in [0.5, 0.6) is 0 Å². The maximum Gasteiger partial charge on any atom is 0.335 e. The van der Waals surface area contributed by atoms with Gasteiger partial charge >= 0.3 is 5.97 Å². The van der Waals surface area contributed by atoms with Crippen molar-refractivity contribution >= 4 is 5.97 Å². The minimum atomic E-state index is -1.71. The molecule has 0 amide bonds. The summed E-state index contributed by atoms with van der Waals surface area (Å²) < 4.78 is 11.5. The molecule has 0 aromatic carbocycles. The Morgan fingerprint density at radius 2 is 1.57 bits per heavy atom. The first kappa shape index (κ1) is 25.9. The summed E-state index contributed by atoms with van der Waals surface area (Å²) in [6.07, 6.45) is 1.69. The van der Waals surface area contributed by atoms with Crippen LogP contribution in [0.1, 0.15) is 78.6 Å². The van der Waals surface area contributed by atoms with Gasteiger partial charge in [0.1, 0.15) is 18.3 Å². The van der Waals surface area contributed by atoms with E-state index in [0.717, 1.165) is 38.5 Å². The Hall–Kier alpha value is -0.770. The Bertz CT molecular complexity index is 806. The molecule has 0 aromatic heterocycles. The monoisotopic (exact) mass is 496 g/mol. The van der Waals surface area contributed by atoms with Gasteiger partial charge in [-0.2, -0.15) is 0 Å². The van der Waals surface area contributed by atoms with Crippen LogP contribution in [0.25, 0.3) is 0 Å². The molecule has 1 heterocycles. The van der Waals surface area contributed by atoms with Crippen molar-refractivity contribution < 1.29 is 39.8 Å². The first-order valence-electron chi connectivity index (χ1n) is 13.7. The van der Waals surface area contributed by atoms with Gasteiger partial charge < -0.3 is 35.0 Å². The fourth-order valence-corrected chi connectivity index (χ4v) is 9.52. The number of carbonyl (C=O) groups is 1.